The summed E-state index contributed by atoms with van der Waals surface area (Å²) in [6.45, 7) is 0. The van der Waals surface area contributed by atoms with Crippen LogP contribution in [0.15, 0.2) is 41.6 Å². The van der Waals surface area contributed by atoms with Crippen LogP contribution in [0.25, 0.3) is 22.3 Å². The Bertz CT molecular complexity index is 1400. The summed E-state index contributed by atoms with van der Waals surface area (Å²) in [6.07, 6.45) is 1.29. The van der Waals surface area contributed by atoms with Crippen LogP contribution in [0.2, 0.25) is 0 Å². The SMILES string of the molecule is CN1NN=C(c2nc(-c3cc4nc(N)[nH]c4cc3F)cnc2N)N1c1cccc(F)c1F. The van der Waals surface area contributed by atoms with Gasteiger partial charge in [0.05, 0.1) is 22.9 Å². The van der Waals surface area contributed by atoms with Crippen molar-refractivity contribution in [3.05, 3.63) is 59.7 Å². The largest absolute Gasteiger partial charge is 0.382 e. The number of hydrogen-bond donors (Lipinski definition) is 4. The number of rotatable bonds is 3. The number of nitrogens with zero attached hydrogens (tertiary/aromatic N) is 6. The molecule has 1 aliphatic heterocycles. The van der Waals surface area contributed by atoms with Crippen molar-refractivity contribution in [3.8, 4) is 11.3 Å². The maximum atomic E-state index is 14.8. The molecule has 0 spiro atoms. The molecule has 13 heteroatoms. The molecule has 0 aliphatic carbocycles. The molecule has 2 aromatic carbocycles. The standard InChI is InChI=1S/C19H15F3N10/c1-31-30-29-18(32(31)14-4-2-3-9(20)15(14)22)16-17(23)25-7-13(26-16)8-5-11-12(6-10(8)21)28-19(24)27-11/h2-7,30H,1H3,(H2,23,25)(H3,24,27,28). The number of hydrazone groups is 1. The van der Waals surface area contributed by atoms with Gasteiger partial charge in [0.2, 0.25) is 5.84 Å². The van der Waals surface area contributed by atoms with E-state index in [-0.39, 0.29) is 40.2 Å². The molecule has 4 aromatic rings. The van der Waals surface area contributed by atoms with E-state index in [1.54, 1.807) is 0 Å². The zero-order valence-corrected chi connectivity index (χ0v) is 16.4. The molecule has 0 saturated carbocycles. The number of nitrogens with one attached hydrogen (secondary N) is 2. The van der Waals surface area contributed by atoms with Crippen LogP contribution < -0.4 is 22.0 Å². The van der Waals surface area contributed by atoms with Crippen LogP contribution in [0.4, 0.5) is 30.6 Å². The van der Waals surface area contributed by atoms with Crippen molar-refractivity contribution in [3.63, 3.8) is 0 Å². The van der Waals surface area contributed by atoms with Gasteiger partial charge in [-0.05, 0) is 18.2 Å². The molecule has 0 amide bonds. The number of nitrogen functional groups attached to an aromatic ring is 2. The summed E-state index contributed by atoms with van der Waals surface area (Å²) in [4.78, 5) is 15.3. The van der Waals surface area contributed by atoms with E-state index < -0.39 is 17.5 Å². The van der Waals surface area contributed by atoms with Gasteiger partial charge in [0.15, 0.2) is 29.1 Å². The van der Waals surface area contributed by atoms with Crippen molar-refractivity contribution in [2.45, 2.75) is 0 Å². The summed E-state index contributed by atoms with van der Waals surface area (Å²) in [5, 5.41) is 6.64. The van der Waals surface area contributed by atoms with Crippen molar-refractivity contribution < 1.29 is 13.2 Å². The third kappa shape index (κ3) is 3.02. The monoisotopic (exact) mass is 440 g/mol. The molecule has 1 aliphatic rings. The van der Waals surface area contributed by atoms with Gasteiger partial charge in [-0.25, -0.2) is 38.7 Å². The Morgan fingerprint density at radius 1 is 1.03 bits per heavy atom. The molecule has 0 atom stereocenters. The van der Waals surface area contributed by atoms with Gasteiger partial charge in [0, 0.05) is 18.7 Å². The van der Waals surface area contributed by atoms with Crippen LogP contribution in [0, 0.1) is 17.5 Å². The van der Waals surface area contributed by atoms with E-state index in [0.29, 0.717) is 11.0 Å². The molecular formula is C19H15F3N10. The van der Waals surface area contributed by atoms with Crippen molar-refractivity contribution in [1.82, 2.24) is 30.6 Å². The normalized spacial score (nSPS) is 14.1. The number of benzene rings is 2. The van der Waals surface area contributed by atoms with Gasteiger partial charge in [-0.2, -0.15) is 0 Å². The minimum absolute atomic E-state index is 0.0315. The van der Waals surface area contributed by atoms with Crippen LogP contribution in [-0.4, -0.2) is 37.9 Å². The first-order chi connectivity index (χ1) is 15.3. The number of aromatic amines is 1. The summed E-state index contributed by atoms with van der Waals surface area (Å²) in [7, 11) is 1.53. The number of halogens is 3. The molecule has 5 rings (SSSR count). The number of hydrogen-bond acceptors (Lipinski definition) is 9. The molecule has 32 heavy (non-hydrogen) atoms. The summed E-state index contributed by atoms with van der Waals surface area (Å²) in [5.74, 6) is -2.59. The molecule has 0 radical (unpaired) electrons. The lowest BCUT2D eigenvalue weighted by Crippen LogP contribution is -2.44. The predicted molar refractivity (Wildman–Crippen MR) is 112 cm³/mol. The molecule has 0 fully saturated rings. The van der Waals surface area contributed by atoms with E-state index in [2.05, 4.69) is 30.6 Å². The highest BCUT2D eigenvalue weighted by molar-refractivity contribution is 6.11. The van der Waals surface area contributed by atoms with Gasteiger partial charge in [0.25, 0.3) is 0 Å². The van der Waals surface area contributed by atoms with Gasteiger partial charge in [-0.1, -0.05) is 6.07 Å². The Labute approximate surface area is 178 Å². The van der Waals surface area contributed by atoms with E-state index in [1.165, 1.54) is 47.6 Å². The highest BCUT2D eigenvalue weighted by Crippen LogP contribution is 2.30. The summed E-state index contributed by atoms with van der Waals surface area (Å²) < 4.78 is 43.1. The fourth-order valence-electron chi connectivity index (χ4n) is 3.38. The van der Waals surface area contributed by atoms with Gasteiger partial charge in [-0.3, -0.25) is 0 Å². The molecule has 0 bridgehead atoms. The smallest absolute Gasteiger partial charge is 0.200 e. The second-order valence-electron chi connectivity index (χ2n) is 6.90. The number of imidazole rings is 1. The number of amidine groups is 1. The van der Waals surface area contributed by atoms with E-state index in [4.69, 9.17) is 11.5 Å². The molecule has 3 heterocycles. The van der Waals surface area contributed by atoms with Crippen LogP contribution >= 0.6 is 0 Å². The lowest BCUT2D eigenvalue weighted by Gasteiger charge is -2.26. The number of aromatic nitrogens is 4. The minimum atomic E-state index is -1.09. The van der Waals surface area contributed by atoms with Gasteiger partial charge in [-0.15, -0.1) is 10.2 Å². The topological polar surface area (TPSA) is 137 Å². The second-order valence-corrected chi connectivity index (χ2v) is 6.90. The average molecular weight is 440 g/mol. The molecule has 6 N–H and O–H groups in total. The quantitative estimate of drug-likeness (QED) is 0.380. The lowest BCUT2D eigenvalue weighted by atomic mass is 10.1. The first-order valence-corrected chi connectivity index (χ1v) is 9.22. The molecular weight excluding hydrogens is 425 g/mol. The Kier molecular flexibility index (Phi) is 4.34. The molecule has 0 saturated heterocycles. The first-order valence-electron chi connectivity index (χ1n) is 9.22. The van der Waals surface area contributed by atoms with Gasteiger partial charge >= 0.3 is 0 Å². The van der Waals surface area contributed by atoms with Crippen LogP contribution in [0.3, 0.4) is 0 Å². The van der Waals surface area contributed by atoms with Crippen molar-refractivity contribution >= 4 is 34.3 Å². The summed E-state index contributed by atoms with van der Waals surface area (Å²) in [5.41, 5.74) is 15.2. The van der Waals surface area contributed by atoms with E-state index >= 15 is 0 Å². The third-order valence-electron chi connectivity index (χ3n) is 4.84. The van der Waals surface area contributed by atoms with Crippen LogP contribution in [0.1, 0.15) is 5.69 Å². The third-order valence-corrected chi connectivity index (χ3v) is 4.84. The maximum absolute atomic E-state index is 14.8. The number of nitrogens with two attached hydrogens (primary N) is 2. The predicted octanol–water partition coefficient (Wildman–Crippen LogP) is 2.13. The lowest BCUT2D eigenvalue weighted by molar-refractivity contribution is 0.275. The summed E-state index contributed by atoms with van der Waals surface area (Å²) >= 11 is 0. The summed E-state index contributed by atoms with van der Waals surface area (Å²) in [6, 6.07) is 6.41. The number of fused-ring (bicyclic) bond motifs is 1. The van der Waals surface area contributed by atoms with Crippen LogP contribution in [-0.2, 0) is 0 Å². The van der Waals surface area contributed by atoms with E-state index in [9.17, 15) is 13.2 Å². The number of H-pyrrole nitrogens is 1. The molecule has 10 nitrogen and oxygen atoms in total. The highest BCUT2D eigenvalue weighted by Gasteiger charge is 2.32. The number of anilines is 3. The fourth-order valence-corrected chi connectivity index (χ4v) is 3.38. The molecule has 162 valence electrons. The minimum Gasteiger partial charge on any atom is -0.382 e. The van der Waals surface area contributed by atoms with Crippen molar-refractivity contribution in [2.75, 3.05) is 23.5 Å². The Morgan fingerprint density at radius 2 is 1.84 bits per heavy atom. The Balaban J connectivity index is 1.63. The van der Waals surface area contributed by atoms with Crippen molar-refractivity contribution in [1.29, 1.82) is 0 Å². The molecule has 0 unspecified atom stereocenters. The van der Waals surface area contributed by atoms with Gasteiger partial charge < -0.3 is 16.5 Å². The van der Waals surface area contributed by atoms with Crippen LogP contribution in [0.5, 0.6) is 0 Å². The van der Waals surface area contributed by atoms with Gasteiger partial charge in [0.1, 0.15) is 11.5 Å². The maximum Gasteiger partial charge on any atom is 0.200 e. The van der Waals surface area contributed by atoms with Crippen molar-refractivity contribution in [2.24, 2.45) is 5.10 Å². The fraction of sp³-hybridized carbons (Fsp3) is 0.0526. The second kappa shape index (κ2) is 7.09. The first kappa shape index (κ1) is 19.6. The zero-order chi connectivity index (χ0) is 22.6. The average Bonchev–Trinajstić information content (AvgIpc) is 3.31. The Hall–Kier alpha value is -4.39. The number of hydrazine groups is 2. The Morgan fingerprint density at radius 3 is 2.66 bits per heavy atom. The van der Waals surface area contributed by atoms with E-state index in [1.807, 2.05) is 0 Å². The molecule has 2 aromatic heterocycles. The van der Waals surface area contributed by atoms with E-state index in [0.717, 1.165) is 6.07 Å². The highest BCUT2D eigenvalue weighted by atomic mass is 19.2. The zero-order valence-electron chi connectivity index (χ0n) is 16.4.